The Balaban J connectivity index is 1.48. The summed E-state index contributed by atoms with van der Waals surface area (Å²) in [5, 5.41) is 0. The zero-order chi connectivity index (χ0) is 35.6. The van der Waals surface area contributed by atoms with E-state index in [0.717, 1.165) is 38.5 Å². The average molecular weight is 668 g/mol. The van der Waals surface area contributed by atoms with E-state index in [9.17, 15) is 19.2 Å². The quantitative estimate of drug-likeness (QED) is 0.0758. The van der Waals surface area contributed by atoms with Crippen molar-refractivity contribution in [3.8, 4) is 11.5 Å². The number of benzene rings is 2. The Morgan fingerprint density at radius 3 is 1.46 bits per heavy atom. The number of nitrogens with two attached hydrogens (primary N) is 5. The maximum absolute atomic E-state index is 13.2. The Morgan fingerprint density at radius 2 is 1.06 bits per heavy atom. The smallest absolute Gasteiger partial charge is 0.423 e. The van der Waals surface area contributed by atoms with Crippen LogP contribution in [-0.2, 0) is 19.1 Å². The van der Waals surface area contributed by atoms with Crippen molar-refractivity contribution >= 4 is 52.3 Å². The van der Waals surface area contributed by atoms with E-state index in [0.29, 0.717) is 30.2 Å². The average Bonchev–Trinajstić information content (AvgIpc) is 3.97. The van der Waals surface area contributed by atoms with E-state index in [1.165, 1.54) is 12.1 Å². The summed E-state index contributed by atoms with van der Waals surface area (Å²) in [5.74, 6) is -5.29. The largest absolute Gasteiger partial charge is 0.462 e. The highest BCUT2D eigenvalue weighted by molar-refractivity contribution is 6.31. The predicted octanol–water partition coefficient (Wildman–Crippen LogP) is 5.16. The molecular formula is C35H49N5O8. The van der Waals surface area contributed by atoms with Crippen molar-refractivity contribution < 1.29 is 38.1 Å². The number of rotatable bonds is 14. The summed E-state index contributed by atoms with van der Waals surface area (Å²) in [5.41, 5.74) is 29.9. The van der Waals surface area contributed by atoms with Crippen LogP contribution in [0.5, 0.6) is 11.5 Å². The van der Waals surface area contributed by atoms with Gasteiger partial charge in [0, 0.05) is 0 Å². The van der Waals surface area contributed by atoms with Gasteiger partial charge in [-0.25, -0.2) is 19.2 Å². The molecular weight excluding hydrogens is 618 g/mol. The van der Waals surface area contributed by atoms with Gasteiger partial charge in [0.05, 0.1) is 41.7 Å². The summed E-state index contributed by atoms with van der Waals surface area (Å²) < 4.78 is 21.5. The number of nitrogen functional groups attached to an aromatic ring is 5. The number of carbonyl (C=O) groups excluding carboxylic acids is 4. The molecule has 0 aliphatic heterocycles. The molecule has 13 nitrogen and oxygen atoms in total. The van der Waals surface area contributed by atoms with Crippen molar-refractivity contribution in [2.75, 3.05) is 41.9 Å². The summed E-state index contributed by atoms with van der Waals surface area (Å²) >= 11 is 0. The SMILES string of the molecule is CCC1(C(C)CCOC(=O)c2c(N)c(C)cc(N)c2OC(=O)C(=O)Oc2c(N)cc(N)c(N)c2C(=O)OCCC(C)C2(CC)CC2)CC1. The Bertz CT molecular complexity index is 1480. The zero-order valence-electron chi connectivity index (χ0n) is 28.5. The van der Waals surface area contributed by atoms with Gasteiger partial charge in [-0.15, -0.1) is 0 Å². The van der Waals surface area contributed by atoms with E-state index in [1.807, 2.05) is 0 Å². The Labute approximate surface area is 281 Å². The monoisotopic (exact) mass is 667 g/mol. The molecule has 48 heavy (non-hydrogen) atoms. The molecule has 0 aromatic heterocycles. The topological polar surface area (TPSA) is 235 Å². The van der Waals surface area contributed by atoms with Gasteiger partial charge in [0.1, 0.15) is 11.1 Å². The molecule has 2 aromatic rings. The molecule has 2 aliphatic rings. The van der Waals surface area contributed by atoms with Gasteiger partial charge in [-0.2, -0.15) is 0 Å². The van der Waals surface area contributed by atoms with E-state index in [-0.39, 0.29) is 58.0 Å². The summed E-state index contributed by atoms with van der Waals surface area (Å²) in [4.78, 5) is 52.5. The third kappa shape index (κ3) is 7.39. The van der Waals surface area contributed by atoms with Gasteiger partial charge in [0.15, 0.2) is 11.5 Å². The molecule has 2 aromatic carbocycles. The Kier molecular flexibility index (Phi) is 10.7. The first-order valence-corrected chi connectivity index (χ1v) is 16.6. The molecule has 2 atom stereocenters. The molecule has 0 heterocycles. The van der Waals surface area contributed by atoms with E-state index >= 15 is 0 Å². The zero-order valence-corrected chi connectivity index (χ0v) is 28.5. The van der Waals surface area contributed by atoms with Crippen molar-refractivity contribution in [3.63, 3.8) is 0 Å². The second kappa shape index (κ2) is 14.2. The third-order valence-electron chi connectivity index (χ3n) is 10.8. The summed E-state index contributed by atoms with van der Waals surface area (Å²) in [7, 11) is 0. The molecule has 2 saturated carbocycles. The van der Waals surface area contributed by atoms with Crippen LogP contribution in [-0.4, -0.2) is 37.1 Å². The minimum atomic E-state index is -1.59. The maximum atomic E-state index is 13.2. The van der Waals surface area contributed by atoms with Crippen LogP contribution in [0.15, 0.2) is 12.1 Å². The number of aryl methyl sites for hydroxylation is 1. The van der Waals surface area contributed by atoms with Crippen molar-refractivity contribution in [1.82, 2.24) is 0 Å². The molecule has 2 unspecified atom stereocenters. The van der Waals surface area contributed by atoms with Crippen molar-refractivity contribution in [2.45, 2.75) is 86.0 Å². The second-order valence-corrected chi connectivity index (χ2v) is 13.4. The van der Waals surface area contributed by atoms with E-state index < -0.39 is 40.9 Å². The van der Waals surface area contributed by atoms with Gasteiger partial charge in [0.2, 0.25) is 0 Å². The van der Waals surface area contributed by atoms with E-state index in [4.69, 9.17) is 47.6 Å². The molecule has 13 heteroatoms. The number of hydrogen-bond donors (Lipinski definition) is 5. The van der Waals surface area contributed by atoms with Crippen LogP contribution < -0.4 is 38.1 Å². The van der Waals surface area contributed by atoms with Crippen LogP contribution in [0.2, 0.25) is 0 Å². The van der Waals surface area contributed by atoms with Gasteiger partial charge in [0.25, 0.3) is 0 Å². The van der Waals surface area contributed by atoms with E-state index in [2.05, 4.69) is 27.7 Å². The predicted molar refractivity (Wildman–Crippen MR) is 183 cm³/mol. The number of carbonyl (C=O) groups is 4. The fraction of sp³-hybridized carbons (Fsp3) is 0.543. The highest BCUT2D eigenvalue weighted by Crippen LogP contribution is 2.56. The molecule has 262 valence electrons. The fourth-order valence-corrected chi connectivity index (χ4v) is 6.58. The van der Waals surface area contributed by atoms with Gasteiger partial charge >= 0.3 is 23.9 Å². The number of ether oxygens (including phenoxy) is 4. The minimum absolute atomic E-state index is 0.0351. The van der Waals surface area contributed by atoms with Crippen LogP contribution in [0.25, 0.3) is 0 Å². The molecule has 4 rings (SSSR count). The van der Waals surface area contributed by atoms with Crippen LogP contribution in [0.4, 0.5) is 28.4 Å². The molecule has 0 radical (unpaired) electrons. The normalized spacial score (nSPS) is 16.7. The molecule has 0 spiro atoms. The third-order valence-corrected chi connectivity index (χ3v) is 10.8. The molecule has 10 N–H and O–H groups in total. The Hall–Kier alpha value is -4.68. The number of anilines is 5. The van der Waals surface area contributed by atoms with Crippen LogP contribution in [0.1, 0.15) is 105 Å². The highest BCUT2D eigenvalue weighted by atomic mass is 16.6. The van der Waals surface area contributed by atoms with Crippen molar-refractivity contribution in [3.05, 3.63) is 28.8 Å². The van der Waals surface area contributed by atoms with Gasteiger partial charge in [-0.1, -0.05) is 40.5 Å². The lowest BCUT2D eigenvalue weighted by Crippen LogP contribution is -2.28. The first-order valence-electron chi connectivity index (χ1n) is 16.6. The molecule has 2 aliphatic carbocycles. The molecule has 0 bridgehead atoms. The summed E-state index contributed by atoms with van der Waals surface area (Å²) in [6.45, 7) is 10.4. The molecule has 0 saturated heterocycles. The first kappa shape index (κ1) is 36.2. The number of hydrogen-bond acceptors (Lipinski definition) is 13. The van der Waals surface area contributed by atoms with Gasteiger partial charge in [-0.05, 0) is 85.8 Å². The standard InChI is InChI=1S/C35H49N5O8/c1-6-34(10-11-34)19(4)8-14-45-30(41)24-26(39)18(3)16-22(37)28(24)47-32(43)33(44)48-29-23(38)17-21(36)27(40)25(29)31(42)46-15-9-20(5)35(7-2)12-13-35/h16-17,19-20H,6-15,36-40H2,1-5H3. The molecule has 2 fully saturated rings. The maximum Gasteiger partial charge on any atom is 0.423 e. The lowest BCUT2D eigenvalue weighted by molar-refractivity contribution is -0.156. The lowest BCUT2D eigenvalue weighted by atomic mass is 9.86. The molecule has 0 amide bonds. The summed E-state index contributed by atoms with van der Waals surface area (Å²) in [6.07, 6.45) is 7.90. The first-order chi connectivity index (χ1) is 22.6. The van der Waals surface area contributed by atoms with Crippen LogP contribution in [0.3, 0.4) is 0 Å². The second-order valence-electron chi connectivity index (χ2n) is 13.4. The van der Waals surface area contributed by atoms with Crippen molar-refractivity contribution in [2.24, 2.45) is 22.7 Å². The summed E-state index contributed by atoms with van der Waals surface area (Å²) in [6, 6.07) is 2.57. The van der Waals surface area contributed by atoms with Gasteiger partial charge < -0.3 is 47.6 Å². The van der Waals surface area contributed by atoms with Crippen molar-refractivity contribution in [1.29, 1.82) is 0 Å². The van der Waals surface area contributed by atoms with Gasteiger partial charge in [-0.3, -0.25) is 0 Å². The van der Waals surface area contributed by atoms with Crippen LogP contribution >= 0.6 is 0 Å². The number of esters is 4. The Morgan fingerprint density at radius 1 is 0.667 bits per heavy atom. The highest BCUT2D eigenvalue weighted by Gasteiger charge is 2.46. The fourth-order valence-electron chi connectivity index (χ4n) is 6.58. The van der Waals surface area contributed by atoms with Crippen LogP contribution in [0, 0.1) is 29.6 Å². The lowest BCUT2D eigenvalue weighted by Gasteiger charge is -2.22. The van der Waals surface area contributed by atoms with E-state index in [1.54, 1.807) is 6.92 Å². The minimum Gasteiger partial charge on any atom is -0.462 e.